The number of fused-ring (bicyclic) bond motifs is 1. The Morgan fingerprint density at radius 1 is 0.926 bits per heavy atom. The Hall–Kier alpha value is -2.21. The third-order valence-corrected chi connectivity index (χ3v) is 5.86. The van der Waals surface area contributed by atoms with Gasteiger partial charge < -0.3 is 9.80 Å². The molecule has 27 heavy (non-hydrogen) atoms. The van der Waals surface area contributed by atoms with Gasteiger partial charge in [-0.05, 0) is 43.2 Å². The summed E-state index contributed by atoms with van der Waals surface area (Å²) in [5.74, 6) is 2.34. The van der Waals surface area contributed by atoms with Crippen LogP contribution in [0.5, 0.6) is 0 Å². The van der Waals surface area contributed by atoms with E-state index in [-0.39, 0.29) is 5.82 Å². The predicted octanol–water partition coefficient (Wildman–Crippen LogP) is 4.74. The lowest BCUT2D eigenvalue weighted by atomic mass is 10.2. The van der Waals surface area contributed by atoms with E-state index in [0.717, 1.165) is 53.2 Å². The van der Waals surface area contributed by atoms with Crippen molar-refractivity contribution in [1.82, 2.24) is 9.97 Å². The van der Waals surface area contributed by atoms with Crippen LogP contribution in [-0.4, -0.2) is 36.1 Å². The lowest BCUT2D eigenvalue weighted by Gasteiger charge is -2.37. The summed E-state index contributed by atoms with van der Waals surface area (Å²) in [4.78, 5) is 14.2. The van der Waals surface area contributed by atoms with E-state index in [9.17, 15) is 4.39 Å². The Kier molecular flexibility index (Phi) is 4.23. The average molecular weight is 427 g/mol. The van der Waals surface area contributed by atoms with Gasteiger partial charge in [-0.3, -0.25) is 0 Å². The molecule has 0 radical (unpaired) electrons. The van der Waals surface area contributed by atoms with Crippen LogP contribution >= 0.6 is 15.9 Å². The molecule has 0 N–H and O–H groups in total. The molecule has 1 saturated heterocycles. The van der Waals surface area contributed by atoms with Crippen LogP contribution in [0.25, 0.3) is 10.9 Å². The molecule has 1 aliphatic carbocycles. The minimum atomic E-state index is -0.154. The molecule has 1 aliphatic heterocycles. The minimum absolute atomic E-state index is 0.154. The number of rotatable bonds is 3. The molecule has 5 rings (SSSR count). The van der Waals surface area contributed by atoms with Crippen molar-refractivity contribution in [2.45, 2.75) is 18.8 Å². The van der Waals surface area contributed by atoms with Crippen LogP contribution in [0.1, 0.15) is 24.6 Å². The van der Waals surface area contributed by atoms with E-state index in [4.69, 9.17) is 9.97 Å². The molecule has 4 nitrogen and oxygen atoms in total. The van der Waals surface area contributed by atoms with Crippen molar-refractivity contribution in [1.29, 1.82) is 0 Å². The lowest BCUT2D eigenvalue weighted by molar-refractivity contribution is 0.596. The van der Waals surface area contributed by atoms with Crippen molar-refractivity contribution in [3.05, 3.63) is 58.6 Å². The summed E-state index contributed by atoms with van der Waals surface area (Å²) in [5, 5.41) is 1.08. The third-order valence-electron chi connectivity index (χ3n) is 5.37. The second kappa shape index (κ2) is 6.75. The maximum Gasteiger partial charge on any atom is 0.146 e. The molecule has 2 heterocycles. The Bertz CT molecular complexity index is 997. The third kappa shape index (κ3) is 3.27. The number of piperazine rings is 1. The van der Waals surface area contributed by atoms with E-state index >= 15 is 0 Å². The van der Waals surface area contributed by atoms with Crippen molar-refractivity contribution in [2.75, 3.05) is 36.0 Å². The predicted molar refractivity (Wildman–Crippen MR) is 110 cm³/mol. The molecule has 1 aromatic heterocycles. The van der Waals surface area contributed by atoms with E-state index in [1.807, 2.05) is 18.2 Å². The van der Waals surface area contributed by atoms with E-state index in [0.29, 0.717) is 11.6 Å². The molecule has 2 aliphatic rings. The molecule has 2 fully saturated rings. The van der Waals surface area contributed by atoms with Gasteiger partial charge in [-0.25, -0.2) is 14.4 Å². The van der Waals surface area contributed by atoms with E-state index < -0.39 is 0 Å². The van der Waals surface area contributed by atoms with E-state index in [1.165, 1.54) is 18.9 Å². The Morgan fingerprint density at radius 2 is 1.67 bits per heavy atom. The number of anilines is 2. The van der Waals surface area contributed by atoms with Gasteiger partial charge >= 0.3 is 0 Å². The quantitative estimate of drug-likeness (QED) is 0.605. The highest BCUT2D eigenvalue weighted by Crippen LogP contribution is 2.40. The highest BCUT2D eigenvalue weighted by atomic mass is 79.9. The molecule has 1 saturated carbocycles. The molecule has 0 amide bonds. The fourth-order valence-corrected chi connectivity index (χ4v) is 4.10. The Balaban J connectivity index is 1.46. The zero-order valence-corrected chi connectivity index (χ0v) is 16.5. The summed E-state index contributed by atoms with van der Waals surface area (Å²) in [5.41, 5.74) is 1.69. The fourth-order valence-electron chi connectivity index (χ4n) is 3.73. The number of aromatic nitrogens is 2. The first-order valence-corrected chi connectivity index (χ1v) is 10.2. The van der Waals surface area contributed by atoms with Gasteiger partial charge in [0.25, 0.3) is 0 Å². The molecule has 0 atom stereocenters. The maximum absolute atomic E-state index is 14.1. The van der Waals surface area contributed by atoms with Crippen molar-refractivity contribution in [3.63, 3.8) is 0 Å². The van der Waals surface area contributed by atoms with Gasteiger partial charge in [0.15, 0.2) is 0 Å². The van der Waals surface area contributed by atoms with E-state index in [1.54, 1.807) is 6.07 Å². The molecule has 0 spiro atoms. The Morgan fingerprint density at radius 3 is 2.41 bits per heavy atom. The summed E-state index contributed by atoms with van der Waals surface area (Å²) < 4.78 is 15.1. The Labute approximate surface area is 166 Å². The number of para-hydroxylation sites is 1. The van der Waals surface area contributed by atoms with Gasteiger partial charge in [0.1, 0.15) is 17.5 Å². The van der Waals surface area contributed by atoms with Crippen molar-refractivity contribution in [3.8, 4) is 0 Å². The number of halogens is 2. The standard InChI is InChI=1S/C21H20BrFN4/c22-15-7-8-18-16(13-15)21(25-20(24-18)14-5-6-14)27-11-9-26(10-12-27)19-4-2-1-3-17(19)23/h1-4,7-8,13-14H,5-6,9-12H2. The summed E-state index contributed by atoms with van der Waals surface area (Å²) in [7, 11) is 0. The van der Waals surface area contributed by atoms with Crippen molar-refractivity contribution in [2.24, 2.45) is 0 Å². The van der Waals surface area contributed by atoms with Crippen LogP contribution in [0.15, 0.2) is 46.9 Å². The van der Waals surface area contributed by atoms with Gasteiger partial charge in [0.2, 0.25) is 0 Å². The molecule has 0 unspecified atom stereocenters. The van der Waals surface area contributed by atoms with Gasteiger partial charge in [0.05, 0.1) is 11.2 Å². The molecular weight excluding hydrogens is 407 g/mol. The highest BCUT2D eigenvalue weighted by molar-refractivity contribution is 9.10. The normalized spacial score (nSPS) is 17.6. The summed E-state index contributed by atoms with van der Waals surface area (Å²) in [6, 6.07) is 13.2. The summed E-state index contributed by atoms with van der Waals surface area (Å²) in [6.07, 6.45) is 2.37. The van der Waals surface area contributed by atoms with Crippen LogP contribution in [0.2, 0.25) is 0 Å². The summed E-state index contributed by atoms with van der Waals surface area (Å²) >= 11 is 3.57. The number of benzene rings is 2. The first-order valence-electron chi connectivity index (χ1n) is 9.41. The molecule has 6 heteroatoms. The number of hydrogen-bond donors (Lipinski definition) is 0. The van der Waals surface area contributed by atoms with Crippen LogP contribution < -0.4 is 9.80 Å². The molecule has 3 aromatic rings. The second-order valence-electron chi connectivity index (χ2n) is 7.27. The van der Waals surface area contributed by atoms with Gasteiger partial charge in [0, 0.05) is 42.0 Å². The molecule has 0 bridgehead atoms. The topological polar surface area (TPSA) is 32.3 Å². The van der Waals surface area contributed by atoms with Crippen LogP contribution in [0.3, 0.4) is 0 Å². The number of nitrogens with zero attached hydrogens (tertiary/aromatic N) is 4. The smallest absolute Gasteiger partial charge is 0.146 e. The fraction of sp³-hybridized carbons (Fsp3) is 0.333. The van der Waals surface area contributed by atoms with Gasteiger partial charge in [-0.1, -0.05) is 28.1 Å². The largest absolute Gasteiger partial charge is 0.366 e. The highest BCUT2D eigenvalue weighted by Gasteiger charge is 2.29. The average Bonchev–Trinajstić information content (AvgIpc) is 3.53. The first kappa shape index (κ1) is 16.9. The SMILES string of the molecule is Fc1ccccc1N1CCN(c2nc(C3CC3)nc3ccc(Br)cc23)CC1. The van der Waals surface area contributed by atoms with Gasteiger partial charge in [-0.2, -0.15) is 0 Å². The zero-order valence-electron chi connectivity index (χ0n) is 14.9. The number of hydrogen-bond acceptors (Lipinski definition) is 4. The van der Waals surface area contributed by atoms with Crippen LogP contribution in [-0.2, 0) is 0 Å². The van der Waals surface area contributed by atoms with Crippen LogP contribution in [0, 0.1) is 5.82 Å². The first-order chi connectivity index (χ1) is 13.2. The second-order valence-corrected chi connectivity index (χ2v) is 8.18. The zero-order chi connectivity index (χ0) is 18.4. The molecule has 2 aromatic carbocycles. The van der Waals surface area contributed by atoms with Crippen molar-refractivity contribution >= 4 is 38.3 Å². The molecule has 138 valence electrons. The van der Waals surface area contributed by atoms with Gasteiger partial charge in [-0.15, -0.1) is 0 Å². The summed E-state index contributed by atoms with van der Waals surface area (Å²) in [6.45, 7) is 3.19. The maximum atomic E-state index is 14.1. The molecular formula is C21H20BrFN4. The lowest BCUT2D eigenvalue weighted by Crippen LogP contribution is -2.47. The van der Waals surface area contributed by atoms with E-state index in [2.05, 4.69) is 37.9 Å². The monoisotopic (exact) mass is 426 g/mol. The minimum Gasteiger partial charge on any atom is -0.366 e. The van der Waals surface area contributed by atoms with Crippen molar-refractivity contribution < 1.29 is 4.39 Å². The van der Waals surface area contributed by atoms with Crippen LogP contribution in [0.4, 0.5) is 15.9 Å².